The van der Waals surface area contributed by atoms with E-state index >= 15 is 0 Å². The van der Waals surface area contributed by atoms with Crippen LogP contribution in [0.15, 0.2) is 36.7 Å². The number of carbonyl (C=O) groups excluding carboxylic acids is 2. The number of halogens is 2. The topological polar surface area (TPSA) is 88.5 Å². The molecule has 2 heterocycles. The molecule has 2 aliphatic rings. The van der Waals surface area contributed by atoms with Gasteiger partial charge >= 0.3 is 6.03 Å². The fraction of sp³-hybridized carbons (Fsp3) is 0.250. The van der Waals surface area contributed by atoms with Crippen molar-refractivity contribution in [2.24, 2.45) is 0 Å². The van der Waals surface area contributed by atoms with Crippen LogP contribution in [0.1, 0.15) is 19.8 Å². The highest BCUT2D eigenvalue weighted by atomic mass is 35.5. The highest BCUT2D eigenvalue weighted by molar-refractivity contribution is 6.37. The Morgan fingerprint density at radius 3 is 2.53 bits per heavy atom. The summed E-state index contributed by atoms with van der Waals surface area (Å²) in [5.74, 6) is 0.436. The van der Waals surface area contributed by atoms with Gasteiger partial charge in [-0.25, -0.2) is 20.2 Å². The third-order valence-corrected chi connectivity index (χ3v) is 5.94. The van der Waals surface area contributed by atoms with Crippen molar-refractivity contribution in [2.45, 2.75) is 25.3 Å². The van der Waals surface area contributed by atoms with E-state index in [0.717, 1.165) is 23.9 Å². The first kappa shape index (κ1) is 19.2. The van der Waals surface area contributed by atoms with Gasteiger partial charge in [-0.2, -0.15) is 0 Å². The predicted octanol–water partition coefficient (Wildman–Crippen LogP) is 4.21. The number of urea groups is 1. The lowest BCUT2D eigenvalue weighted by Crippen LogP contribution is -2.59. The van der Waals surface area contributed by atoms with E-state index in [2.05, 4.69) is 27.2 Å². The number of carbonyl (C=O) groups is 2. The number of ether oxygens (including phenoxy) is 1. The number of benzene rings is 2. The fourth-order valence-electron chi connectivity index (χ4n) is 3.44. The molecule has 1 aliphatic heterocycles. The summed E-state index contributed by atoms with van der Waals surface area (Å²) in [6, 6.07) is 8.08. The van der Waals surface area contributed by atoms with E-state index in [4.69, 9.17) is 27.9 Å². The number of aromatic nitrogens is 2. The van der Waals surface area contributed by atoms with Crippen LogP contribution in [-0.2, 0) is 10.3 Å². The highest BCUT2D eigenvalue weighted by Crippen LogP contribution is 2.45. The van der Waals surface area contributed by atoms with Gasteiger partial charge in [0.25, 0.3) is 0 Å². The molecule has 30 heavy (non-hydrogen) atoms. The van der Waals surface area contributed by atoms with E-state index in [1.165, 1.54) is 5.01 Å². The molecule has 154 valence electrons. The minimum atomic E-state index is -0.612. The van der Waals surface area contributed by atoms with Crippen molar-refractivity contribution in [1.82, 2.24) is 20.3 Å². The second kappa shape index (κ2) is 6.87. The van der Waals surface area contributed by atoms with Gasteiger partial charge in [0.2, 0.25) is 5.91 Å². The summed E-state index contributed by atoms with van der Waals surface area (Å²) in [6.45, 7) is 2.16. The first-order chi connectivity index (χ1) is 14.3. The molecule has 0 atom stereocenters. The number of nitrogens with one attached hydrogen (secondary N) is 2. The minimum Gasteiger partial charge on any atom is -0.454 e. The van der Waals surface area contributed by atoms with Crippen molar-refractivity contribution in [3.05, 3.63) is 46.7 Å². The van der Waals surface area contributed by atoms with E-state index in [-0.39, 0.29) is 27.9 Å². The first-order valence-electron chi connectivity index (χ1n) is 9.36. The maximum Gasteiger partial charge on any atom is 0.343 e. The van der Waals surface area contributed by atoms with Crippen LogP contribution in [0.25, 0.3) is 11.0 Å². The summed E-state index contributed by atoms with van der Waals surface area (Å²) in [5.41, 5.74) is 5.07. The quantitative estimate of drug-likeness (QED) is 0.627. The molecule has 3 aromatic rings. The molecule has 1 saturated carbocycles. The molecule has 0 unspecified atom stereocenters. The Morgan fingerprint density at radius 1 is 1.13 bits per heavy atom. The number of hydrazine groups is 1. The van der Waals surface area contributed by atoms with Crippen LogP contribution in [0.5, 0.6) is 11.5 Å². The van der Waals surface area contributed by atoms with Gasteiger partial charge in [-0.3, -0.25) is 10.1 Å². The Bertz CT molecular complexity index is 1180. The van der Waals surface area contributed by atoms with Gasteiger partial charge < -0.3 is 9.30 Å². The summed E-state index contributed by atoms with van der Waals surface area (Å²) in [4.78, 5) is 27.8. The number of hydrogen-bond acceptors (Lipinski definition) is 5. The van der Waals surface area contributed by atoms with Crippen molar-refractivity contribution < 1.29 is 14.3 Å². The molecule has 2 fully saturated rings. The lowest BCUT2D eigenvalue weighted by atomic mass is 10.2. The molecule has 5 rings (SSSR count). The average Bonchev–Trinajstić information content (AvgIpc) is 3.29. The molecule has 1 saturated heterocycles. The van der Waals surface area contributed by atoms with Crippen LogP contribution in [0, 0.1) is 0 Å². The van der Waals surface area contributed by atoms with Gasteiger partial charge in [0.1, 0.15) is 5.75 Å². The molecule has 1 aromatic heterocycles. The van der Waals surface area contributed by atoms with Crippen LogP contribution in [0.2, 0.25) is 10.0 Å². The summed E-state index contributed by atoms with van der Waals surface area (Å²) < 4.78 is 8.16. The monoisotopic (exact) mass is 445 g/mol. The molecule has 2 aromatic carbocycles. The van der Waals surface area contributed by atoms with Gasteiger partial charge in [-0.1, -0.05) is 23.2 Å². The molecular formula is C20H17Cl2N5O3. The Morgan fingerprint density at radius 2 is 1.87 bits per heavy atom. The van der Waals surface area contributed by atoms with Crippen LogP contribution in [-0.4, -0.2) is 28.0 Å². The zero-order valence-corrected chi connectivity index (χ0v) is 17.4. The zero-order chi connectivity index (χ0) is 21.0. The standard InChI is InChI=1S/C20H17Cl2N5O3/c1-20(4-5-20)26-10-23-15-3-2-12(8-16(15)26)30-18-13(21)6-11(7-14(18)22)27-19(29)25-17(28)9-24-27/h2-3,6-8,10,24H,4-5,9H2,1H3,(H,25,28,29). The lowest BCUT2D eigenvalue weighted by molar-refractivity contribution is -0.119. The number of nitrogens with zero attached hydrogens (tertiary/aromatic N) is 3. The Balaban J connectivity index is 1.45. The molecule has 10 heteroatoms. The number of anilines is 1. The molecule has 1 aliphatic carbocycles. The van der Waals surface area contributed by atoms with E-state index < -0.39 is 11.9 Å². The van der Waals surface area contributed by atoms with Gasteiger partial charge in [-0.15, -0.1) is 0 Å². The molecular weight excluding hydrogens is 429 g/mol. The molecule has 3 amide bonds. The maximum atomic E-state index is 12.0. The smallest absolute Gasteiger partial charge is 0.343 e. The van der Waals surface area contributed by atoms with Gasteiger partial charge in [0, 0.05) is 11.6 Å². The highest BCUT2D eigenvalue weighted by Gasteiger charge is 2.40. The normalized spacial score (nSPS) is 17.9. The van der Waals surface area contributed by atoms with Crippen LogP contribution in [0.4, 0.5) is 10.5 Å². The van der Waals surface area contributed by atoms with Crippen LogP contribution in [0.3, 0.4) is 0 Å². The molecule has 0 radical (unpaired) electrons. The molecule has 0 spiro atoms. The van der Waals surface area contributed by atoms with Crippen molar-refractivity contribution in [3.8, 4) is 11.5 Å². The summed E-state index contributed by atoms with van der Waals surface area (Å²) in [5, 5.41) is 3.85. The average molecular weight is 446 g/mol. The van der Waals surface area contributed by atoms with E-state index in [1.54, 1.807) is 18.2 Å². The third kappa shape index (κ3) is 3.27. The predicted molar refractivity (Wildman–Crippen MR) is 113 cm³/mol. The Kier molecular flexibility index (Phi) is 4.39. The number of imidazole rings is 1. The minimum absolute atomic E-state index is 0.0359. The zero-order valence-electron chi connectivity index (χ0n) is 15.9. The maximum absolute atomic E-state index is 12.0. The van der Waals surface area contributed by atoms with Gasteiger partial charge in [0.15, 0.2) is 5.75 Å². The van der Waals surface area contributed by atoms with Gasteiger partial charge in [-0.05, 0) is 44.0 Å². The molecule has 8 nitrogen and oxygen atoms in total. The first-order valence-corrected chi connectivity index (χ1v) is 10.1. The number of imide groups is 1. The largest absolute Gasteiger partial charge is 0.454 e. The van der Waals surface area contributed by atoms with E-state index in [0.29, 0.717) is 11.4 Å². The van der Waals surface area contributed by atoms with Crippen LogP contribution >= 0.6 is 23.2 Å². The summed E-state index contributed by atoms with van der Waals surface area (Å²) in [7, 11) is 0. The SMILES string of the molecule is CC1(n2cnc3ccc(Oc4c(Cl)cc(N5NCC(=O)NC5=O)cc4Cl)cc32)CC1. The number of rotatable bonds is 4. The number of fused-ring (bicyclic) bond motifs is 1. The van der Waals surface area contributed by atoms with Crippen molar-refractivity contribution in [2.75, 3.05) is 11.6 Å². The summed E-state index contributed by atoms with van der Waals surface area (Å²) >= 11 is 12.8. The van der Waals surface area contributed by atoms with Crippen molar-refractivity contribution in [3.63, 3.8) is 0 Å². The van der Waals surface area contributed by atoms with E-state index in [1.807, 2.05) is 18.5 Å². The molecule has 2 N–H and O–H groups in total. The van der Waals surface area contributed by atoms with Crippen molar-refractivity contribution in [1.29, 1.82) is 0 Å². The number of hydrogen-bond donors (Lipinski definition) is 2. The van der Waals surface area contributed by atoms with E-state index in [9.17, 15) is 9.59 Å². The fourth-order valence-corrected chi connectivity index (χ4v) is 4.00. The second-order valence-corrected chi connectivity index (χ2v) is 8.44. The molecule has 0 bridgehead atoms. The third-order valence-electron chi connectivity index (χ3n) is 5.38. The Labute approximate surface area is 181 Å². The van der Waals surface area contributed by atoms with Crippen LogP contribution < -0.4 is 20.5 Å². The summed E-state index contributed by atoms with van der Waals surface area (Å²) in [6.07, 6.45) is 4.09. The lowest BCUT2D eigenvalue weighted by Gasteiger charge is -2.27. The van der Waals surface area contributed by atoms with Crippen molar-refractivity contribution >= 4 is 51.9 Å². The Hall–Kier alpha value is -2.81. The number of amides is 3. The van der Waals surface area contributed by atoms with Gasteiger partial charge in [0.05, 0.1) is 39.6 Å². The second-order valence-electron chi connectivity index (χ2n) is 7.63.